The number of carbonyl (C=O) groups excluding carboxylic acids is 3. The molecular weight excluding hydrogens is 382 g/mol. The van der Waals surface area contributed by atoms with Gasteiger partial charge < -0.3 is 19.9 Å². The molecule has 0 atom stereocenters. The number of benzene rings is 1. The number of rotatable bonds is 15. The molecule has 1 N–H and O–H groups in total. The third kappa shape index (κ3) is 10.4. The molecule has 0 bridgehead atoms. The summed E-state index contributed by atoms with van der Waals surface area (Å²) in [5, 5.41) is 3.09. The van der Waals surface area contributed by atoms with Crippen LogP contribution in [0.15, 0.2) is 30.3 Å². The van der Waals surface area contributed by atoms with Crippen LogP contribution in [0.2, 0.25) is 0 Å². The van der Waals surface area contributed by atoms with Gasteiger partial charge in [-0.05, 0) is 31.4 Å². The van der Waals surface area contributed by atoms with E-state index >= 15 is 0 Å². The Morgan fingerprint density at radius 3 is 2.17 bits per heavy atom. The van der Waals surface area contributed by atoms with Gasteiger partial charge in [-0.15, -0.1) is 0 Å². The number of esters is 1. The van der Waals surface area contributed by atoms with Crippen LogP contribution in [0.4, 0.5) is 0 Å². The number of amides is 2. The van der Waals surface area contributed by atoms with Gasteiger partial charge in [0, 0.05) is 19.6 Å². The molecular formula is C23H37N3O4. The molecule has 0 saturated carbocycles. The van der Waals surface area contributed by atoms with Gasteiger partial charge >= 0.3 is 5.97 Å². The fourth-order valence-corrected chi connectivity index (χ4v) is 2.98. The lowest BCUT2D eigenvalue weighted by molar-refractivity contribution is -0.146. The highest BCUT2D eigenvalue weighted by Gasteiger charge is 2.21. The minimum absolute atomic E-state index is 0.0412. The van der Waals surface area contributed by atoms with Crippen molar-refractivity contribution in [2.24, 2.45) is 0 Å². The Morgan fingerprint density at radius 1 is 0.867 bits per heavy atom. The molecule has 1 aromatic carbocycles. The lowest BCUT2D eigenvalue weighted by Gasteiger charge is -2.27. The van der Waals surface area contributed by atoms with Crippen molar-refractivity contribution < 1.29 is 19.1 Å². The van der Waals surface area contributed by atoms with Crippen LogP contribution in [-0.2, 0) is 25.7 Å². The Morgan fingerprint density at radius 2 is 1.53 bits per heavy atom. The third-order valence-corrected chi connectivity index (χ3v) is 4.55. The summed E-state index contributed by atoms with van der Waals surface area (Å²) in [7, 11) is 0. The second-order valence-electron chi connectivity index (χ2n) is 7.27. The molecule has 2 amide bonds. The van der Waals surface area contributed by atoms with Gasteiger partial charge in [-0.1, -0.05) is 51.1 Å². The van der Waals surface area contributed by atoms with E-state index in [1.807, 2.05) is 51.1 Å². The molecule has 0 saturated heterocycles. The molecule has 0 radical (unpaired) electrons. The van der Waals surface area contributed by atoms with E-state index in [0.717, 1.165) is 31.4 Å². The highest BCUT2D eigenvalue weighted by molar-refractivity contribution is 5.86. The Labute approximate surface area is 180 Å². The molecule has 0 unspecified atom stereocenters. The monoisotopic (exact) mass is 419 g/mol. The first-order valence-corrected chi connectivity index (χ1v) is 11.0. The van der Waals surface area contributed by atoms with Crippen LogP contribution in [0.5, 0.6) is 0 Å². The smallest absolute Gasteiger partial charge is 0.307 e. The molecule has 1 aromatic rings. The number of hydrogen-bond acceptors (Lipinski definition) is 5. The molecule has 0 aliphatic carbocycles. The van der Waals surface area contributed by atoms with Gasteiger partial charge in [0.1, 0.15) is 6.61 Å². The Kier molecular flexibility index (Phi) is 13.2. The summed E-state index contributed by atoms with van der Waals surface area (Å²) in [4.78, 5) is 40.6. The van der Waals surface area contributed by atoms with Gasteiger partial charge in [0.05, 0.1) is 19.5 Å². The molecule has 0 aliphatic heterocycles. The highest BCUT2D eigenvalue weighted by atomic mass is 16.5. The standard InChI is InChI=1S/C23H37N3O4/c1-4-13-24-17-21(27)26(15-6-3)18-22(28)25(14-5-2)16-12-23(29)30-19-20-10-8-7-9-11-20/h7-11,24H,4-6,12-19H2,1-3H3. The first kappa shape index (κ1) is 25.6. The summed E-state index contributed by atoms with van der Waals surface area (Å²) in [6.45, 7) is 8.66. The fraction of sp³-hybridized carbons (Fsp3) is 0.609. The third-order valence-electron chi connectivity index (χ3n) is 4.55. The second kappa shape index (κ2) is 15.4. The van der Waals surface area contributed by atoms with Crippen molar-refractivity contribution in [3.63, 3.8) is 0 Å². The minimum atomic E-state index is -0.335. The average Bonchev–Trinajstić information content (AvgIpc) is 2.75. The maximum absolute atomic E-state index is 12.8. The number of nitrogens with zero attached hydrogens (tertiary/aromatic N) is 2. The van der Waals surface area contributed by atoms with E-state index in [1.54, 1.807) is 9.80 Å². The van der Waals surface area contributed by atoms with Gasteiger partial charge in [-0.2, -0.15) is 0 Å². The average molecular weight is 420 g/mol. The summed E-state index contributed by atoms with van der Waals surface area (Å²) >= 11 is 0. The van der Waals surface area contributed by atoms with Crippen molar-refractivity contribution in [3.8, 4) is 0 Å². The summed E-state index contributed by atoms with van der Waals surface area (Å²) in [6.07, 6.45) is 2.65. The lowest BCUT2D eigenvalue weighted by atomic mass is 10.2. The van der Waals surface area contributed by atoms with Crippen molar-refractivity contribution in [1.82, 2.24) is 15.1 Å². The first-order chi connectivity index (χ1) is 14.5. The van der Waals surface area contributed by atoms with Crippen molar-refractivity contribution in [3.05, 3.63) is 35.9 Å². The molecule has 1 rings (SSSR count). The molecule has 7 heteroatoms. The minimum Gasteiger partial charge on any atom is -0.461 e. The molecule has 7 nitrogen and oxygen atoms in total. The van der Waals surface area contributed by atoms with Crippen molar-refractivity contribution in [2.45, 2.75) is 53.1 Å². The van der Waals surface area contributed by atoms with E-state index in [4.69, 9.17) is 4.74 Å². The Hall–Kier alpha value is -2.41. The molecule has 30 heavy (non-hydrogen) atoms. The molecule has 168 valence electrons. The van der Waals surface area contributed by atoms with Gasteiger partial charge in [0.25, 0.3) is 0 Å². The Bertz CT molecular complexity index is 637. The van der Waals surface area contributed by atoms with Gasteiger partial charge in [-0.3, -0.25) is 14.4 Å². The van der Waals surface area contributed by atoms with Gasteiger partial charge in [0.2, 0.25) is 11.8 Å². The normalized spacial score (nSPS) is 10.5. The van der Waals surface area contributed by atoms with E-state index in [0.29, 0.717) is 19.6 Å². The van der Waals surface area contributed by atoms with Crippen LogP contribution in [0, 0.1) is 0 Å². The Balaban J connectivity index is 2.53. The van der Waals surface area contributed by atoms with Crippen LogP contribution < -0.4 is 5.32 Å². The lowest BCUT2D eigenvalue weighted by Crippen LogP contribution is -2.46. The van der Waals surface area contributed by atoms with Crippen LogP contribution >= 0.6 is 0 Å². The number of hydrogen-bond donors (Lipinski definition) is 1. The van der Waals surface area contributed by atoms with E-state index in [1.165, 1.54) is 0 Å². The first-order valence-electron chi connectivity index (χ1n) is 11.0. The summed E-state index contributed by atoms with van der Waals surface area (Å²) in [5.74, 6) is -0.541. The number of carbonyl (C=O) groups is 3. The SMILES string of the molecule is CCCNCC(=O)N(CCC)CC(=O)N(CCC)CCC(=O)OCc1ccccc1. The predicted molar refractivity (Wildman–Crippen MR) is 118 cm³/mol. The quantitative estimate of drug-likeness (QED) is 0.349. The zero-order valence-electron chi connectivity index (χ0n) is 18.7. The summed E-state index contributed by atoms with van der Waals surface area (Å²) < 4.78 is 5.30. The highest BCUT2D eigenvalue weighted by Crippen LogP contribution is 2.04. The predicted octanol–water partition coefficient (Wildman–Crippen LogP) is 2.60. The van der Waals surface area contributed by atoms with Crippen LogP contribution in [0.3, 0.4) is 0 Å². The largest absolute Gasteiger partial charge is 0.461 e. The van der Waals surface area contributed by atoms with Crippen LogP contribution in [0.1, 0.15) is 52.0 Å². The molecule has 0 aliphatic rings. The van der Waals surface area contributed by atoms with Gasteiger partial charge in [0.15, 0.2) is 0 Å². The van der Waals surface area contributed by atoms with Crippen molar-refractivity contribution >= 4 is 17.8 Å². The summed E-state index contributed by atoms with van der Waals surface area (Å²) in [5.41, 5.74) is 0.928. The molecule has 0 aromatic heterocycles. The molecule has 0 heterocycles. The number of nitrogens with one attached hydrogen (secondary N) is 1. The zero-order valence-corrected chi connectivity index (χ0v) is 18.7. The number of ether oxygens (including phenoxy) is 1. The van der Waals surface area contributed by atoms with Crippen molar-refractivity contribution in [2.75, 3.05) is 39.3 Å². The van der Waals surface area contributed by atoms with E-state index in [-0.39, 0.29) is 43.9 Å². The van der Waals surface area contributed by atoms with E-state index in [9.17, 15) is 14.4 Å². The van der Waals surface area contributed by atoms with E-state index < -0.39 is 0 Å². The molecule has 0 spiro atoms. The van der Waals surface area contributed by atoms with Crippen LogP contribution in [-0.4, -0.2) is 66.9 Å². The summed E-state index contributed by atoms with van der Waals surface area (Å²) in [6, 6.07) is 9.49. The molecule has 0 fully saturated rings. The van der Waals surface area contributed by atoms with Crippen molar-refractivity contribution in [1.29, 1.82) is 0 Å². The topological polar surface area (TPSA) is 79.0 Å². The second-order valence-corrected chi connectivity index (χ2v) is 7.27. The van der Waals surface area contributed by atoms with Gasteiger partial charge in [-0.25, -0.2) is 0 Å². The zero-order chi connectivity index (χ0) is 22.2. The maximum Gasteiger partial charge on any atom is 0.307 e. The van der Waals surface area contributed by atoms with E-state index in [2.05, 4.69) is 5.32 Å². The maximum atomic E-state index is 12.8. The fourth-order valence-electron chi connectivity index (χ4n) is 2.98. The van der Waals surface area contributed by atoms with Crippen LogP contribution in [0.25, 0.3) is 0 Å².